The number of phosphoric ester groups is 1. The summed E-state index contributed by atoms with van der Waals surface area (Å²) in [7, 11) is -1.58. The lowest BCUT2D eigenvalue weighted by Crippen LogP contribution is -2.51. The molecule has 36 heavy (non-hydrogen) atoms. The lowest BCUT2D eigenvalue weighted by molar-refractivity contribution is -0.915. The van der Waals surface area contributed by atoms with Crippen molar-refractivity contribution >= 4 is 7.82 Å². The number of hydrogen-bond acceptors (Lipinski definition) is 3. The highest BCUT2D eigenvalue weighted by atomic mass is 31.2. The Morgan fingerprint density at radius 1 is 0.667 bits per heavy atom. The Kier molecular flexibility index (Phi) is 20.8. The monoisotopic (exact) mass is 532 g/mol. The van der Waals surface area contributed by atoms with Crippen LogP contribution >= 0.6 is 7.82 Å². The normalized spacial score (nSPS) is 22.1. The number of nitrogens with zero attached hydrogens (tertiary/aromatic N) is 1. The van der Waals surface area contributed by atoms with E-state index in [-0.39, 0.29) is 6.10 Å². The van der Waals surface area contributed by atoms with Crippen LogP contribution in [-0.2, 0) is 13.6 Å². The molecule has 0 aliphatic carbocycles. The molecule has 1 aliphatic rings. The predicted molar refractivity (Wildman–Crippen MR) is 154 cm³/mol. The number of hydrogen-bond donors (Lipinski definition) is 1. The fourth-order valence-corrected chi connectivity index (χ4v) is 6.47. The van der Waals surface area contributed by atoms with E-state index in [1.165, 1.54) is 122 Å². The molecule has 0 spiro atoms. The van der Waals surface area contributed by atoms with Crippen LogP contribution in [0.2, 0.25) is 0 Å². The van der Waals surface area contributed by atoms with Crippen LogP contribution in [0.1, 0.15) is 155 Å². The quantitative estimate of drug-likeness (QED) is 0.0722. The van der Waals surface area contributed by atoms with E-state index in [1.807, 2.05) is 0 Å². The molecule has 0 radical (unpaired) electrons. The minimum absolute atomic E-state index is 0.145. The topological polar surface area (TPSA) is 55.8 Å². The van der Waals surface area contributed by atoms with Gasteiger partial charge in [0.05, 0.1) is 39.4 Å². The van der Waals surface area contributed by atoms with E-state index in [0.717, 1.165) is 43.3 Å². The van der Waals surface area contributed by atoms with Gasteiger partial charge in [-0.05, 0) is 19.3 Å². The van der Waals surface area contributed by atoms with Crippen LogP contribution in [0.5, 0.6) is 0 Å². The number of quaternary nitrogens is 1. The van der Waals surface area contributed by atoms with E-state index in [9.17, 15) is 9.46 Å². The average molecular weight is 533 g/mol. The molecule has 1 atom stereocenters. The smallest absolute Gasteiger partial charge is 0.326 e. The molecule has 0 saturated carbocycles. The molecule has 5 nitrogen and oxygen atoms in total. The maximum absolute atomic E-state index is 12.3. The summed E-state index contributed by atoms with van der Waals surface area (Å²) < 4.78 is 24.1. The second-order valence-electron chi connectivity index (χ2n) is 11.8. The summed E-state index contributed by atoms with van der Waals surface area (Å²) in [6.07, 6.45) is 27.9. The Hall–Kier alpha value is 0.0700. The Morgan fingerprint density at radius 2 is 1.06 bits per heavy atom. The van der Waals surface area contributed by atoms with E-state index in [2.05, 4.69) is 20.9 Å². The lowest BCUT2D eigenvalue weighted by Gasteiger charge is -2.40. The summed E-state index contributed by atoms with van der Waals surface area (Å²) in [6.45, 7) is 8.08. The van der Waals surface area contributed by atoms with E-state index >= 15 is 0 Å². The summed E-state index contributed by atoms with van der Waals surface area (Å²) >= 11 is 0. The van der Waals surface area contributed by atoms with Crippen molar-refractivity contribution in [3.05, 3.63) is 0 Å². The second kappa shape index (κ2) is 21.9. The molecular formula is C30H63NO4P+. The van der Waals surface area contributed by atoms with Gasteiger partial charge in [0.2, 0.25) is 0 Å². The summed E-state index contributed by atoms with van der Waals surface area (Å²) in [6, 6.07) is 0. The van der Waals surface area contributed by atoms with Crippen LogP contribution in [0.15, 0.2) is 0 Å². The zero-order valence-electron chi connectivity index (χ0n) is 24.5. The number of unbranched alkanes of at least 4 members (excludes halogenated alkanes) is 18. The van der Waals surface area contributed by atoms with Crippen LogP contribution in [0.4, 0.5) is 0 Å². The molecule has 1 saturated heterocycles. The first-order valence-electron chi connectivity index (χ1n) is 15.9. The minimum Gasteiger partial charge on any atom is -0.326 e. The highest BCUT2D eigenvalue weighted by Crippen LogP contribution is 2.46. The Balaban J connectivity index is 1.98. The van der Waals surface area contributed by atoms with E-state index < -0.39 is 7.82 Å². The fourth-order valence-electron chi connectivity index (χ4n) is 5.47. The van der Waals surface area contributed by atoms with E-state index in [1.54, 1.807) is 0 Å². The minimum atomic E-state index is -3.92. The van der Waals surface area contributed by atoms with Crippen molar-refractivity contribution in [1.82, 2.24) is 0 Å². The summed E-state index contributed by atoms with van der Waals surface area (Å²) in [4.78, 5) is 10.1. The van der Waals surface area contributed by atoms with Gasteiger partial charge in [0.15, 0.2) is 0 Å². The molecule has 0 aromatic rings. The zero-order valence-corrected chi connectivity index (χ0v) is 25.4. The highest BCUT2D eigenvalue weighted by Gasteiger charge is 2.34. The van der Waals surface area contributed by atoms with Crippen molar-refractivity contribution in [1.29, 1.82) is 0 Å². The summed E-state index contributed by atoms with van der Waals surface area (Å²) in [5.41, 5.74) is 0. The Labute approximate surface area is 225 Å². The van der Waals surface area contributed by atoms with Gasteiger partial charge in [0, 0.05) is 12.8 Å². The van der Waals surface area contributed by atoms with Crippen molar-refractivity contribution < 1.29 is 23.0 Å². The predicted octanol–water partition coefficient (Wildman–Crippen LogP) is 9.57. The third kappa shape index (κ3) is 19.2. The molecule has 0 amide bonds. The Bertz CT molecular complexity index is 537. The molecule has 1 aliphatic heterocycles. The molecule has 6 heteroatoms. The van der Waals surface area contributed by atoms with Crippen LogP contribution in [0.25, 0.3) is 0 Å². The van der Waals surface area contributed by atoms with Crippen LogP contribution < -0.4 is 0 Å². The third-order valence-electron chi connectivity index (χ3n) is 8.07. The van der Waals surface area contributed by atoms with Crippen LogP contribution in [-0.4, -0.2) is 48.8 Å². The first-order chi connectivity index (χ1) is 17.4. The van der Waals surface area contributed by atoms with Crippen LogP contribution in [0.3, 0.4) is 0 Å². The summed E-state index contributed by atoms with van der Waals surface area (Å²) in [5.74, 6) is 0. The zero-order chi connectivity index (χ0) is 26.4. The number of piperidine rings is 1. The number of phosphoric acid groups is 1. The van der Waals surface area contributed by atoms with Gasteiger partial charge in [0.25, 0.3) is 0 Å². The molecule has 216 valence electrons. The molecule has 1 unspecified atom stereocenters. The molecule has 0 aromatic heterocycles. The lowest BCUT2D eigenvalue weighted by atomic mass is 10.0. The standard InChI is InChI=1S/C30H62NO4P/c1-4-6-8-10-12-13-14-15-16-17-18-19-20-22-26-31(3)27-24-30(25-28-31)35-36(32,33)34-29-23-21-11-9-7-5-2/h30H,4-29H2,1-3H3/p+1. The fraction of sp³-hybridized carbons (Fsp3) is 1.00. The van der Waals surface area contributed by atoms with Crippen LogP contribution in [0, 0.1) is 0 Å². The van der Waals surface area contributed by atoms with Gasteiger partial charge >= 0.3 is 7.82 Å². The van der Waals surface area contributed by atoms with Crippen molar-refractivity contribution in [3.63, 3.8) is 0 Å². The molecule has 1 N–H and O–H groups in total. The first-order valence-corrected chi connectivity index (χ1v) is 17.4. The van der Waals surface area contributed by atoms with Gasteiger partial charge in [0.1, 0.15) is 0 Å². The maximum atomic E-state index is 12.3. The maximum Gasteiger partial charge on any atom is 0.472 e. The molecule has 1 fully saturated rings. The molecule has 0 aromatic carbocycles. The molecule has 1 heterocycles. The van der Waals surface area contributed by atoms with E-state index in [4.69, 9.17) is 9.05 Å². The van der Waals surface area contributed by atoms with E-state index in [0.29, 0.717) is 6.61 Å². The summed E-state index contributed by atoms with van der Waals surface area (Å²) in [5, 5.41) is 0. The second-order valence-corrected chi connectivity index (χ2v) is 13.2. The molecule has 1 rings (SSSR count). The van der Waals surface area contributed by atoms with Crippen molar-refractivity contribution in [3.8, 4) is 0 Å². The Morgan fingerprint density at radius 3 is 1.50 bits per heavy atom. The van der Waals surface area contributed by atoms with Gasteiger partial charge < -0.3 is 9.38 Å². The van der Waals surface area contributed by atoms with Gasteiger partial charge in [-0.3, -0.25) is 9.05 Å². The van der Waals surface area contributed by atoms with Gasteiger partial charge in [-0.25, -0.2) is 4.57 Å². The number of rotatable bonds is 25. The van der Waals surface area contributed by atoms with Crippen molar-refractivity contribution in [2.75, 3.05) is 33.3 Å². The van der Waals surface area contributed by atoms with Gasteiger partial charge in [-0.15, -0.1) is 0 Å². The third-order valence-corrected chi connectivity index (χ3v) is 9.14. The first kappa shape index (κ1) is 34.1. The SMILES string of the molecule is CCCCCCCCCCCCCCCC[N+]1(C)CCC(OP(=O)(O)OCCCCCCCC)CC1. The number of likely N-dealkylation sites (tertiary alicyclic amines) is 1. The highest BCUT2D eigenvalue weighted by molar-refractivity contribution is 7.47. The average Bonchev–Trinajstić information content (AvgIpc) is 2.85. The molecular weight excluding hydrogens is 469 g/mol. The van der Waals surface area contributed by atoms with Gasteiger partial charge in [-0.2, -0.15) is 0 Å². The van der Waals surface area contributed by atoms with Crippen molar-refractivity contribution in [2.45, 2.75) is 161 Å². The van der Waals surface area contributed by atoms with Gasteiger partial charge in [-0.1, -0.05) is 123 Å². The molecule has 0 bridgehead atoms. The van der Waals surface area contributed by atoms with Crippen molar-refractivity contribution in [2.24, 2.45) is 0 Å². The largest absolute Gasteiger partial charge is 0.472 e.